The molecule has 4 nitrogen and oxygen atoms in total. The van der Waals surface area contributed by atoms with E-state index in [1.54, 1.807) is 0 Å². The summed E-state index contributed by atoms with van der Waals surface area (Å²) in [5.74, 6) is 3.10. The van der Waals surface area contributed by atoms with Crippen LogP contribution in [0.4, 0.5) is 5.82 Å². The van der Waals surface area contributed by atoms with E-state index in [1.807, 2.05) is 11.8 Å². The smallest absolute Gasteiger partial charge is 0.129 e. The first-order valence-corrected chi connectivity index (χ1v) is 11.6. The zero-order valence-corrected chi connectivity index (χ0v) is 17.4. The number of para-hydroxylation sites is 1. The molecule has 1 unspecified atom stereocenters. The van der Waals surface area contributed by atoms with E-state index < -0.39 is 0 Å². The van der Waals surface area contributed by atoms with Gasteiger partial charge >= 0.3 is 0 Å². The molecule has 1 aromatic heterocycles. The van der Waals surface area contributed by atoms with Crippen LogP contribution in [0.5, 0.6) is 5.75 Å². The fourth-order valence-electron chi connectivity index (χ4n) is 4.29. The minimum atomic E-state index is 0.379. The number of rotatable bonds is 6. The van der Waals surface area contributed by atoms with Gasteiger partial charge in [-0.1, -0.05) is 30.3 Å². The molecule has 1 N–H and O–H groups in total. The number of fused-ring (bicyclic) bond motifs is 1. The van der Waals surface area contributed by atoms with E-state index >= 15 is 0 Å². The highest BCUT2D eigenvalue weighted by Crippen LogP contribution is 2.27. The van der Waals surface area contributed by atoms with Crippen molar-refractivity contribution in [2.24, 2.45) is 0 Å². The van der Waals surface area contributed by atoms with Crippen molar-refractivity contribution in [2.75, 3.05) is 30.5 Å². The summed E-state index contributed by atoms with van der Waals surface area (Å²) in [6, 6.07) is 21.7. The minimum absolute atomic E-state index is 0.379. The third kappa shape index (κ3) is 4.36. The van der Waals surface area contributed by atoms with Crippen molar-refractivity contribution >= 4 is 28.5 Å². The number of thioether (sulfide) groups is 1. The maximum Gasteiger partial charge on any atom is 0.129 e. The number of aromatic nitrogens is 1. The van der Waals surface area contributed by atoms with Crippen molar-refractivity contribution < 1.29 is 4.74 Å². The van der Waals surface area contributed by atoms with Crippen LogP contribution in [-0.2, 0) is 6.42 Å². The van der Waals surface area contributed by atoms with Crippen LogP contribution in [-0.4, -0.2) is 41.8 Å². The number of nitrogens with zero attached hydrogens (tertiary/aromatic N) is 2. The number of ether oxygens (including phenoxy) is 1. The quantitative estimate of drug-likeness (QED) is 0.654. The number of nitrogens with one attached hydrogen (secondary N) is 1. The second kappa shape index (κ2) is 8.64. The molecule has 2 saturated heterocycles. The Bertz CT molecular complexity index is 956. The molecule has 2 aromatic carbocycles. The van der Waals surface area contributed by atoms with Gasteiger partial charge in [-0.2, -0.15) is 0 Å². The number of pyridine rings is 1. The molecule has 5 rings (SSSR count). The highest BCUT2D eigenvalue weighted by atomic mass is 32.2. The van der Waals surface area contributed by atoms with Crippen molar-refractivity contribution in [3.8, 4) is 5.75 Å². The van der Waals surface area contributed by atoms with Gasteiger partial charge in [0.25, 0.3) is 0 Å². The summed E-state index contributed by atoms with van der Waals surface area (Å²) in [5, 5.41) is 5.30. The van der Waals surface area contributed by atoms with Gasteiger partial charge in [-0.25, -0.2) is 4.98 Å². The maximum absolute atomic E-state index is 6.17. The molecule has 0 saturated carbocycles. The van der Waals surface area contributed by atoms with Gasteiger partial charge in [0.05, 0.1) is 11.6 Å². The summed E-state index contributed by atoms with van der Waals surface area (Å²) in [7, 11) is 0. The Morgan fingerprint density at radius 2 is 1.97 bits per heavy atom. The third-order valence-corrected chi connectivity index (χ3v) is 7.05. The van der Waals surface area contributed by atoms with Crippen LogP contribution in [0.1, 0.15) is 18.4 Å². The summed E-state index contributed by atoms with van der Waals surface area (Å²) in [5.41, 5.74) is 2.45. The molecule has 2 atom stereocenters. The summed E-state index contributed by atoms with van der Waals surface area (Å²) < 4.78 is 6.17. The van der Waals surface area contributed by atoms with E-state index in [0.29, 0.717) is 17.9 Å². The van der Waals surface area contributed by atoms with Crippen LogP contribution >= 0.6 is 11.8 Å². The first kappa shape index (κ1) is 18.8. The Morgan fingerprint density at radius 3 is 2.83 bits per heavy atom. The van der Waals surface area contributed by atoms with E-state index in [4.69, 9.17) is 9.72 Å². The second-order valence-electron chi connectivity index (χ2n) is 7.90. The summed E-state index contributed by atoms with van der Waals surface area (Å²) in [4.78, 5) is 7.29. The van der Waals surface area contributed by atoms with Gasteiger partial charge in [-0.05, 0) is 55.2 Å². The molecule has 2 aliphatic heterocycles. The molecule has 2 fully saturated rings. The maximum atomic E-state index is 6.17. The zero-order chi connectivity index (χ0) is 19.5. The molecule has 0 radical (unpaired) electrons. The molecule has 2 aliphatic rings. The molecule has 0 amide bonds. The standard InChI is InChI=1S/C24H27N3OS/c1-2-6-23-19(4-1)9-12-24(26-23)27-13-3-5-20(27)16-28-21-10-7-18(8-11-21)14-22-15-25-17-29-22/h1-2,4,6-12,20,22,25H,3,5,13-17H2/t20-,22?/m1/s1. The average Bonchev–Trinajstić information content (AvgIpc) is 3.45. The Morgan fingerprint density at radius 1 is 1.07 bits per heavy atom. The summed E-state index contributed by atoms with van der Waals surface area (Å²) >= 11 is 2.01. The lowest BCUT2D eigenvalue weighted by Crippen LogP contribution is -2.34. The third-order valence-electron chi connectivity index (χ3n) is 5.88. The lowest BCUT2D eigenvalue weighted by Gasteiger charge is -2.26. The van der Waals surface area contributed by atoms with E-state index in [-0.39, 0.29) is 0 Å². The largest absolute Gasteiger partial charge is 0.491 e. The van der Waals surface area contributed by atoms with Crippen LogP contribution in [0.2, 0.25) is 0 Å². The van der Waals surface area contributed by atoms with Gasteiger partial charge in [0, 0.05) is 29.6 Å². The Hall–Kier alpha value is -2.24. The van der Waals surface area contributed by atoms with Gasteiger partial charge < -0.3 is 15.0 Å². The van der Waals surface area contributed by atoms with Crippen molar-refractivity contribution in [1.82, 2.24) is 10.3 Å². The SMILES string of the molecule is c1ccc2nc(N3CCC[C@@H]3COc3ccc(CC4CNCS4)cc3)ccc2c1. The molecule has 0 spiro atoms. The van der Waals surface area contributed by atoms with Crippen LogP contribution in [0.25, 0.3) is 10.9 Å². The van der Waals surface area contributed by atoms with Crippen molar-refractivity contribution in [3.05, 3.63) is 66.2 Å². The number of anilines is 1. The predicted molar refractivity (Wildman–Crippen MR) is 122 cm³/mol. The predicted octanol–water partition coefficient (Wildman–Crippen LogP) is 4.49. The molecule has 150 valence electrons. The number of benzene rings is 2. The van der Waals surface area contributed by atoms with Crippen molar-refractivity contribution in [3.63, 3.8) is 0 Å². The number of hydrogen-bond acceptors (Lipinski definition) is 5. The Balaban J connectivity index is 1.21. The average molecular weight is 406 g/mol. The molecule has 0 aliphatic carbocycles. The van der Waals surface area contributed by atoms with Gasteiger partial charge in [-0.3, -0.25) is 0 Å². The molecule has 29 heavy (non-hydrogen) atoms. The summed E-state index contributed by atoms with van der Waals surface area (Å²) in [6.07, 6.45) is 3.47. The minimum Gasteiger partial charge on any atom is -0.491 e. The topological polar surface area (TPSA) is 37.4 Å². The van der Waals surface area contributed by atoms with Gasteiger partial charge in [0.1, 0.15) is 18.2 Å². The highest BCUT2D eigenvalue weighted by molar-refractivity contribution is 8.00. The lowest BCUT2D eigenvalue weighted by molar-refractivity contribution is 0.288. The molecule has 5 heteroatoms. The van der Waals surface area contributed by atoms with Gasteiger partial charge in [0.15, 0.2) is 0 Å². The van der Waals surface area contributed by atoms with E-state index in [9.17, 15) is 0 Å². The zero-order valence-electron chi connectivity index (χ0n) is 16.6. The summed E-state index contributed by atoms with van der Waals surface area (Å²) in [6.45, 7) is 2.87. The Kier molecular flexibility index (Phi) is 5.59. The molecular formula is C24H27N3OS. The van der Waals surface area contributed by atoms with E-state index in [2.05, 4.69) is 70.9 Å². The van der Waals surface area contributed by atoms with Gasteiger partial charge in [-0.15, -0.1) is 11.8 Å². The molecule has 3 heterocycles. The van der Waals surface area contributed by atoms with Crippen LogP contribution < -0.4 is 15.0 Å². The molecular weight excluding hydrogens is 378 g/mol. The first-order valence-electron chi connectivity index (χ1n) is 10.5. The fraction of sp³-hybridized carbons (Fsp3) is 0.375. The van der Waals surface area contributed by atoms with Gasteiger partial charge in [0.2, 0.25) is 0 Å². The normalized spacial score (nSPS) is 21.7. The van der Waals surface area contributed by atoms with E-state index in [0.717, 1.165) is 48.9 Å². The fourth-order valence-corrected chi connectivity index (χ4v) is 5.31. The Labute approximate surface area is 176 Å². The second-order valence-corrected chi connectivity index (χ2v) is 9.19. The first-order chi connectivity index (χ1) is 14.3. The van der Waals surface area contributed by atoms with Crippen molar-refractivity contribution in [1.29, 1.82) is 0 Å². The monoisotopic (exact) mass is 405 g/mol. The van der Waals surface area contributed by atoms with Crippen molar-refractivity contribution in [2.45, 2.75) is 30.6 Å². The van der Waals surface area contributed by atoms with Crippen LogP contribution in [0, 0.1) is 0 Å². The number of hydrogen-bond donors (Lipinski definition) is 1. The van der Waals surface area contributed by atoms with E-state index in [1.165, 1.54) is 17.4 Å². The lowest BCUT2D eigenvalue weighted by atomic mass is 10.1. The van der Waals surface area contributed by atoms with Crippen LogP contribution in [0.3, 0.4) is 0 Å². The van der Waals surface area contributed by atoms with Crippen LogP contribution in [0.15, 0.2) is 60.7 Å². The highest BCUT2D eigenvalue weighted by Gasteiger charge is 2.26. The molecule has 3 aromatic rings. The molecule has 0 bridgehead atoms.